The highest BCUT2D eigenvalue weighted by Gasteiger charge is 2.22. The van der Waals surface area contributed by atoms with Crippen LogP contribution in [0.4, 0.5) is 0 Å². The van der Waals surface area contributed by atoms with E-state index in [1.807, 2.05) is 18.2 Å². The van der Waals surface area contributed by atoms with Gasteiger partial charge in [0.05, 0.1) is 39.1 Å². The van der Waals surface area contributed by atoms with Gasteiger partial charge < -0.3 is 9.13 Å². The molecule has 0 saturated heterocycles. The lowest BCUT2D eigenvalue weighted by Crippen LogP contribution is -1.99. The summed E-state index contributed by atoms with van der Waals surface area (Å²) in [6, 6.07) is 77.9. The maximum atomic E-state index is 5.31. The summed E-state index contributed by atoms with van der Waals surface area (Å²) in [4.78, 5) is 10.5. The largest absolute Gasteiger partial charge is 0.309 e. The van der Waals surface area contributed by atoms with Gasteiger partial charge in [-0.1, -0.05) is 170 Å². The monoisotopic (exact) mass is 764 g/mol. The van der Waals surface area contributed by atoms with Crippen molar-refractivity contribution in [3.05, 3.63) is 218 Å². The molecule has 4 heteroatoms. The van der Waals surface area contributed by atoms with Crippen LogP contribution in [0.5, 0.6) is 0 Å². The van der Waals surface area contributed by atoms with Crippen LogP contribution in [0.3, 0.4) is 0 Å². The summed E-state index contributed by atoms with van der Waals surface area (Å²) in [6.07, 6.45) is 0. The zero-order valence-corrected chi connectivity index (χ0v) is 32.6. The van der Waals surface area contributed by atoms with Crippen molar-refractivity contribution in [3.63, 3.8) is 0 Å². The summed E-state index contributed by atoms with van der Waals surface area (Å²) in [6.45, 7) is 0. The van der Waals surface area contributed by atoms with Crippen LogP contribution >= 0.6 is 0 Å². The van der Waals surface area contributed by atoms with Gasteiger partial charge in [0.15, 0.2) is 5.82 Å². The summed E-state index contributed by atoms with van der Waals surface area (Å²) in [5.41, 5.74) is 14.2. The van der Waals surface area contributed by atoms with Gasteiger partial charge in [-0.2, -0.15) is 0 Å². The summed E-state index contributed by atoms with van der Waals surface area (Å²) >= 11 is 0. The second-order valence-electron chi connectivity index (χ2n) is 15.3. The van der Waals surface area contributed by atoms with Crippen LogP contribution in [0.1, 0.15) is 0 Å². The Kier molecular flexibility index (Phi) is 7.82. The van der Waals surface area contributed by atoms with Crippen molar-refractivity contribution in [2.24, 2.45) is 0 Å². The molecular weight excluding hydrogens is 729 g/mol. The fourth-order valence-corrected chi connectivity index (χ4v) is 9.25. The molecule has 0 fully saturated rings. The van der Waals surface area contributed by atoms with Gasteiger partial charge in [0, 0.05) is 49.3 Å². The predicted molar refractivity (Wildman–Crippen MR) is 250 cm³/mol. The summed E-state index contributed by atoms with van der Waals surface area (Å²) in [5, 5.41) is 7.19. The van der Waals surface area contributed by atoms with Gasteiger partial charge >= 0.3 is 0 Å². The Balaban J connectivity index is 1.12. The highest BCUT2D eigenvalue weighted by molar-refractivity contribution is 6.26. The summed E-state index contributed by atoms with van der Waals surface area (Å²) < 4.78 is 4.90. The van der Waals surface area contributed by atoms with Crippen LogP contribution in [-0.4, -0.2) is 19.1 Å². The molecule has 12 aromatic rings. The number of benzene rings is 9. The van der Waals surface area contributed by atoms with E-state index in [1.165, 1.54) is 49.2 Å². The Morgan fingerprint density at radius 3 is 1.67 bits per heavy atom. The van der Waals surface area contributed by atoms with Crippen molar-refractivity contribution in [3.8, 4) is 56.4 Å². The van der Waals surface area contributed by atoms with E-state index in [-0.39, 0.29) is 0 Å². The summed E-state index contributed by atoms with van der Waals surface area (Å²) in [5.74, 6) is 0.695. The maximum absolute atomic E-state index is 5.31. The molecule has 3 heterocycles. The van der Waals surface area contributed by atoms with Gasteiger partial charge in [-0.25, -0.2) is 9.97 Å². The molecule has 0 bridgehead atoms. The van der Waals surface area contributed by atoms with Crippen molar-refractivity contribution >= 4 is 54.4 Å². The van der Waals surface area contributed by atoms with Gasteiger partial charge in [-0.3, -0.25) is 0 Å². The van der Waals surface area contributed by atoms with Gasteiger partial charge in [-0.05, 0) is 65.0 Å². The highest BCUT2D eigenvalue weighted by Crippen LogP contribution is 2.44. The molecule has 9 aromatic carbocycles. The number of nitrogens with zero attached hydrogens (tertiary/aromatic N) is 4. The first-order valence-corrected chi connectivity index (χ1v) is 20.4. The molecule has 0 saturated carbocycles. The standard InChI is InChI=1S/C56H36N4/c1-4-17-37(18-5-1)39-21-16-22-40(35-39)48-36-49(58-56(57-48)38-19-6-2-7-20-38)43-31-33-52(44-26-11-10-25-42(43)44)60-50-29-14-12-27-45(50)46-32-34-53-54(55(46)60)47-28-13-15-30-51(47)59(53)41-23-8-3-9-24-41/h1-36H. The SMILES string of the molecule is c1ccc(-c2cccc(-c3cc(-c4ccc(-n5c6ccccc6c6ccc7c(c8ccccc8n7-c7ccccc7)c65)c5ccccc45)nc(-c4ccccc4)n3)c2)cc1. The van der Waals surface area contributed by atoms with Crippen molar-refractivity contribution in [2.75, 3.05) is 0 Å². The first-order valence-electron chi connectivity index (χ1n) is 20.4. The molecule has 0 aliphatic rings. The van der Waals surface area contributed by atoms with Gasteiger partial charge in [0.25, 0.3) is 0 Å². The smallest absolute Gasteiger partial charge is 0.160 e. The number of fused-ring (bicyclic) bond motifs is 8. The Morgan fingerprint density at radius 1 is 0.317 bits per heavy atom. The highest BCUT2D eigenvalue weighted by atomic mass is 15.0. The predicted octanol–water partition coefficient (Wildman–Crippen LogP) is 14.5. The third kappa shape index (κ3) is 5.39. The maximum Gasteiger partial charge on any atom is 0.160 e. The minimum atomic E-state index is 0.695. The molecule has 4 nitrogen and oxygen atoms in total. The average Bonchev–Trinajstić information content (AvgIpc) is 3.85. The molecule has 0 unspecified atom stereocenters. The molecule has 0 atom stereocenters. The normalized spacial score (nSPS) is 11.7. The lowest BCUT2D eigenvalue weighted by molar-refractivity contribution is 1.18. The van der Waals surface area contributed by atoms with E-state index in [4.69, 9.17) is 9.97 Å². The molecule has 0 radical (unpaired) electrons. The van der Waals surface area contributed by atoms with Crippen molar-refractivity contribution < 1.29 is 0 Å². The second-order valence-corrected chi connectivity index (χ2v) is 15.3. The molecule has 0 N–H and O–H groups in total. The first-order chi connectivity index (χ1) is 29.8. The minimum absolute atomic E-state index is 0.695. The number of aromatic nitrogens is 4. The van der Waals surface area contributed by atoms with Crippen LogP contribution in [0.2, 0.25) is 0 Å². The zero-order valence-electron chi connectivity index (χ0n) is 32.6. The molecule has 3 aromatic heterocycles. The van der Waals surface area contributed by atoms with E-state index in [2.05, 4.69) is 209 Å². The fourth-order valence-electron chi connectivity index (χ4n) is 9.25. The molecule has 12 rings (SSSR count). The molecule has 0 amide bonds. The number of para-hydroxylation sites is 3. The van der Waals surface area contributed by atoms with E-state index in [9.17, 15) is 0 Å². The molecular formula is C56H36N4. The average molecular weight is 765 g/mol. The Hall–Kier alpha value is -8.08. The first kappa shape index (κ1) is 34.0. The van der Waals surface area contributed by atoms with Crippen LogP contribution in [-0.2, 0) is 0 Å². The fraction of sp³-hybridized carbons (Fsp3) is 0. The third-order valence-electron chi connectivity index (χ3n) is 11.9. The zero-order chi connectivity index (χ0) is 39.6. The molecule has 0 aliphatic heterocycles. The molecule has 60 heavy (non-hydrogen) atoms. The van der Waals surface area contributed by atoms with Crippen LogP contribution in [0, 0.1) is 0 Å². The number of hydrogen-bond acceptors (Lipinski definition) is 2. The van der Waals surface area contributed by atoms with E-state index in [0.717, 1.165) is 55.8 Å². The van der Waals surface area contributed by atoms with Gasteiger partial charge in [0.2, 0.25) is 0 Å². The van der Waals surface area contributed by atoms with Gasteiger partial charge in [0.1, 0.15) is 0 Å². The third-order valence-corrected chi connectivity index (χ3v) is 11.9. The molecule has 0 aliphatic carbocycles. The van der Waals surface area contributed by atoms with Crippen molar-refractivity contribution in [2.45, 2.75) is 0 Å². The van der Waals surface area contributed by atoms with Crippen molar-refractivity contribution in [1.82, 2.24) is 19.1 Å². The topological polar surface area (TPSA) is 35.6 Å². The van der Waals surface area contributed by atoms with E-state index >= 15 is 0 Å². The van der Waals surface area contributed by atoms with E-state index in [0.29, 0.717) is 5.82 Å². The van der Waals surface area contributed by atoms with Crippen LogP contribution < -0.4 is 0 Å². The van der Waals surface area contributed by atoms with Gasteiger partial charge in [-0.15, -0.1) is 0 Å². The quantitative estimate of drug-likeness (QED) is 0.169. The molecule has 0 spiro atoms. The van der Waals surface area contributed by atoms with Crippen LogP contribution in [0.15, 0.2) is 218 Å². The lowest BCUT2D eigenvalue weighted by atomic mass is 9.97. The Bertz CT molecular complexity index is 3580. The number of rotatable bonds is 6. The Labute approximate surface area is 346 Å². The van der Waals surface area contributed by atoms with E-state index < -0.39 is 0 Å². The van der Waals surface area contributed by atoms with E-state index in [1.54, 1.807) is 0 Å². The Morgan fingerprint density at radius 2 is 0.900 bits per heavy atom. The minimum Gasteiger partial charge on any atom is -0.309 e. The van der Waals surface area contributed by atoms with Crippen molar-refractivity contribution in [1.29, 1.82) is 0 Å². The number of hydrogen-bond donors (Lipinski definition) is 0. The van der Waals surface area contributed by atoms with Crippen LogP contribution in [0.25, 0.3) is 111 Å². The summed E-state index contributed by atoms with van der Waals surface area (Å²) in [7, 11) is 0. The second kappa shape index (κ2) is 13.8. The molecule has 280 valence electrons. The lowest BCUT2D eigenvalue weighted by Gasteiger charge is -2.16.